The smallest absolute Gasteiger partial charge is 0.412 e. The van der Waals surface area contributed by atoms with Gasteiger partial charge in [-0.25, -0.2) is 9.59 Å². The maximum atomic E-state index is 11.6. The molecule has 0 heterocycles. The molecular weight excluding hydrogens is 354 g/mol. The molecule has 0 aliphatic carbocycles. The van der Waals surface area contributed by atoms with Gasteiger partial charge in [-0.15, -0.1) is 0 Å². The lowest BCUT2D eigenvalue weighted by molar-refractivity contribution is -0.384. The number of hydrogen-bond acceptors (Lipinski definition) is 6. The Kier molecular flexibility index (Phi) is 9.04. The molecule has 0 saturated carbocycles. The molecule has 0 atom stereocenters. The molecular formula is C18H27N3O6. The summed E-state index contributed by atoms with van der Waals surface area (Å²) in [6.07, 6.45) is 2.39. The molecule has 0 radical (unpaired) electrons. The second-order valence-corrected chi connectivity index (χ2v) is 6.91. The average molecular weight is 381 g/mol. The van der Waals surface area contributed by atoms with Gasteiger partial charge in [-0.05, 0) is 45.7 Å². The Balaban J connectivity index is 2.05. The number of rotatable bonds is 9. The second kappa shape index (κ2) is 11.0. The third kappa shape index (κ3) is 10.7. The van der Waals surface area contributed by atoms with Crippen LogP contribution in [0.4, 0.5) is 15.3 Å². The molecule has 1 aromatic carbocycles. The molecule has 0 spiro atoms. The van der Waals surface area contributed by atoms with Gasteiger partial charge in [0, 0.05) is 25.2 Å². The fourth-order valence-electron chi connectivity index (χ4n) is 2.08. The molecule has 150 valence electrons. The number of nitro groups is 1. The molecule has 9 nitrogen and oxygen atoms in total. The minimum Gasteiger partial charge on any atom is -0.444 e. The van der Waals surface area contributed by atoms with E-state index in [0.29, 0.717) is 13.1 Å². The average Bonchev–Trinajstić information content (AvgIpc) is 2.56. The first-order valence-corrected chi connectivity index (χ1v) is 8.84. The van der Waals surface area contributed by atoms with E-state index in [4.69, 9.17) is 9.47 Å². The zero-order valence-electron chi connectivity index (χ0n) is 15.9. The number of hydrogen-bond donors (Lipinski definition) is 2. The van der Waals surface area contributed by atoms with Gasteiger partial charge in [-0.3, -0.25) is 10.1 Å². The van der Waals surface area contributed by atoms with E-state index < -0.39 is 22.7 Å². The van der Waals surface area contributed by atoms with Crippen molar-refractivity contribution in [2.45, 2.75) is 52.1 Å². The summed E-state index contributed by atoms with van der Waals surface area (Å²) >= 11 is 0. The van der Waals surface area contributed by atoms with Crippen molar-refractivity contribution < 1.29 is 24.0 Å². The van der Waals surface area contributed by atoms with Crippen LogP contribution in [0.3, 0.4) is 0 Å². The van der Waals surface area contributed by atoms with Crippen LogP contribution < -0.4 is 15.4 Å². The summed E-state index contributed by atoms with van der Waals surface area (Å²) in [7, 11) is 0. The van der Waals surface area contributed by atoms with Crippen LogP contribution in [-0.4, -0.2) is 35.8 Å². The number of unbranched alkanes of at least 4 members (excludes halogenated alkanes) is 3. The van der Waals surface area contributed by atoms with Gasteiger partial charge >= 0.3 is 12.2 Å². The Labute approximate surface area is 158 Å². The summed E-state index contributed by atoms with van der Waals surface area (Å²) < 4.78 is 10.2. The van der Waals surface area contributed by atoms with Crippen LogP contribution in [0.25, 0.3) is 0 Å². The fraction of sp³-hybridized carbons (Fsp3) is 0.556. The van der Waals surface area contributed by atoms with E-state index in [2.05, 4.69) is 10.6 Å². The predicted octanol–water partition coefficient (Wildman–Crippen LogP) is 3.77. The summed E-state index contributed by atoms with van der Waals surface area (Å²) in [4.78, 5) is 33.1. The van der Waals surface area contributed by atoms with E-state index in [1.165, 1.54) is 24.3 Å². The summed E-state index contributed by atoms with van der Waals surface area (Å²) in [6.45, 7) is 6.44. The highest BCUT2D eigenvalue weighted by molar-refractivity contribution is 5.70. The number of nitrogens with one attached hydrogen (secondary N) is 2. The third-order valence-electron chi connectivity index (χ3n) is 3.30. The number of nitrogens with zero attached hydrogens (tertiary/aromatic N) is 1. The zero-order chi connectivity index (χ0) is 20.3. The monoisotopic (exact) mass is 381 g/mol. The highest BCUT2D eigenvalue weighted by Crippen LogP contribution is 2.17. The predicted molar refractivity (Wildman–Crippen MR) is 99.8 cm³/mol. The van der Waals surface area contributed by atoms with Crippen molar-refractivity contribution in [2.75, 3.05) is 13.1 Å². The van der Waals surface area contributed by atoms with Crippen LogP contribution in [0, 0.1) is 10.1 Å². The number of carbonyl (C=O) groups is 2. The van der Waals surface area contributed by atoms with E-state index in [0.717, 1.165) is 25.7 Å². The number of non-ortho nitro benzene ring substituents is 1. The molecule has 1 aromatic rings. The minimum atomic E-state index is -0.601. The molecule has 9 heteroatoms. The van der Waals surface area contributed by atoms with E-state index in [-0.39, 0.29) is 11.4 Å². The molecule has 0 fully saturated rings. The van der Waals surface area contributed by atoms with Crippen molar-refractivity contribution in [1.82, 2.24) is 10.6 Å². The standard InChI is InChI=1S/C18H27N3O6/c1-18(2,3)27-17(23)20-13-7-5-4-6-12-19-16(22)26-15-10-8-14(9-11-15)21(24)25/h8-11H,4-7,12-13H2,1-3H3,(H,19,22)(H,20,23). The lowest BCUT2D eigenvalue weighted by Gasteiger charge is -2.19. The minimum absolute atomic E-state index is 0.0658. The lowest BCUT2D eigenvalue weighted by Crippen LogP contribution is -2.33. The number of amides is 2. The van der Waals surface area contributed by atoms with Crippen molar-refractivity contribution in [3.8, 4) is 5.75 Å². The highest BCUT2D eigenvalue weighted by atomic mass is 16.6. The zero-order valence-corrected chi connectivity index (χ0v) is 15.9. The van der Waals surface area contributed by atoms with Crippen molar-refractivity contribution >= 4 is 17.9 Å². The molecule has 0 aliphatic heterocycles. The van der Waals surface area contributed by atoms with Crippen LogP contribution in [-0.2, 0) is 4.74 Å². The number of nitro benzene ring substituents is 1. The highest BCUT2D eigenvalue weighted by Gasteiger charge is 2.15. The second-order valence-electron chi connectivity index (χ2n) is 6.91. The number of carbonyl (C=O) groups excluding carboxylic acids is 2. The quantitative estimate of drug-likeness (QED) is 0.382. The molecule has 0 bridgehead atoms. The van der Waals surface area contributed by atoms with Gasteiger partial charge in [0.1, 0.15) is 11.4 Å². The number of benzene rings is 1. The Morgan fingerprint density at radius 3 is 1.96 bits per heavy atom. The summed E-state index contributed by atoms with van der Waals surface area (Å²) in [5.41, 5.74) is -0.567. The van der Waals surface area contributed by atoms with Gasteiger partial charge in [0.25, 0.3) is 5.69 Å². The summed E-state index contributed by atoms with van der Waals surface area (Å²) in [5.74, 6) is 0.242. The number of ether oxygens (including phenoxy) is 2. The first kappa shape index (κ1) is 22.2. The molecule has 2 amide bonds. The Morgan fingerprint density at radius 1 is 0.963 bits per heavy atom. The van der Waals surface area contributed by atoms with Crippen LogP contribution in [0.2, 0.25) is 0 Å². The van der Waals surface area contributed by atoms with E-state index in [1.807, 2.05) is 20.8 Å². The Morgan fingerprint density at radius 2 is 1.48 bits per heavy atom. The van der Waals surface area contributed by atoms with Crippen LogP contribution in [0.15, 0.2) is 24.3 Å². The molecule has 0 aromatic heterocycles. The molecule has 0 unspecified atom stereocenters. The van der Waals surface area contributed by atoms with Crippen molar-refractivity contribution in [1.29, 1.82) is 0 Å². The normalized spacial score (nSPS) is 10.8. The number of alkyl carbamates (subject to hydrolysis) is 1. The molecule has 1 rings (SSSR count). The first-order valence-electron chi connectivity index (χ1n) is 8.84. The maximum Gasteiger partial charge on any atom is 0.412 e. The first-order chi connectivity index (χ1) is 12.7. The molecule has 0 aliphatic rings. The van der Waals surface area contributed by atoms with Crippen molar-refractivity contribution in [2.24, 2.45) is 0 Å². The maximum absolute atomic E-state index is 11.6. The third-order valence-corrected chi connectivity index (χ3v) is 3.30. The van der Waals surface area contributed by atoms with Crippen LogP contribution >= 0.6 is 0 Å². The summed E-state index contributed by atoms with van der Waals surface area (Å²) in [6, 6.07) is 5.28. The topological polar surface area (TPSA) is 120 Å². The van der Waals surface area contributed by atoms with Gasteiger partial charge in [-0.2, -0.15) is 0 Å². The van der Waals surface area contributed by atoms with E-state index in [9.17, 15) is 19.7 Å². The van der Waals surface area contributed by atoms with Gasteiger partial charge in [0.15, 0.2) is 0 Å². The molecule has 27 heavy (non-hydrogen) atoms. The van der Waals surface area contributed by atoms with E-state index in [1.54, 1.807) is 0 Å². The van der Waals surface area contributed by atoms with Gasteiger partial charge in [0.2, 0.25) is 0 Å². The van der Waals surface area contributed by atoms with Crippen LogP contribution in [0.1, 0.15) is 46.5 Å². The Bertz CT molecular complexity index is 625. The van der Waals surface area contributed by atoms with Crippen molar-refractivity contribution in [3.63, 3.8) is 0 Å². The summed E-state index contributed by atoms with van der Waals surface area (Å²) in [5, 5.41) is 15.9. The SMILES string of the molecule is CC(C)(C)OC(=O)NCCCCCCNC(=O)Oc1ccc([N+](=O)[O-])cc1. The van der Waals surface area contributed by atoms with Crippen molar-refractivity contribution in [3.05, 3.63) is 34.4 Å². The fourth-order valence-corrected chi connectivity index (χ4v) is 2.08. The van der Waals surface area contributed by atoms with Crippen LogP contribution in [0.5, 0.6) is 5.75 Å². The van der Waals surface area contributed by atoms with Gasteiger partial charge < -0.3 is 20.1 Å². The molecule has 0 saturated heterocycles. The van der Waals surface area contributed by atoms with Gasteiger partial charge in [-0.1, -0.05) is 12.8 Å². The molecule has 2 N–H and O–H groups in total. The Hall–Kier alpha value is -2.84. The van der Waals surface area contributed by atoms with Gasteiger partial charge in [0.05, 0.1) is 4.92 Å². The largest absolute Gasteiger partial charge is 0.444 e. The lowest BCUT2D eigenvalue weighted by atomic mass is 10.2. The van der Waals surface area contributed by atoms with E-state index >= 15 is 0 Å².